The van der Waals surface area contributed by atoms with Gasteiger partial charge in [-0.15, -0.1) is 0 Å². The number of anilines is 3. The highest BCUT2D eigenvalue weighted by atomic mass is 19.4. The molecule has 20 heavy (non-hydrogen) atoms. The van der Waals surface area contributed by atoms with Gasteiger partial charge in [0, 0.05) is 5.69 Å². The first-order valence-electron chi connectivity index (χ1n) is 6.23. The SMILES string of the molecule is CCc1cccc(Nc2ccc(C(F)(F)F)cc2N)c1. The van der Waals surface area contributed by atoms with E-state index in [-0.39, 0.29) is 5.69 Å². The number of hydrogen-bond donors (Lipinski definition) is 2. The Balaban J connectivity index is 2.25. The lowest BCUT2D eigenvalue weighted by molar-refractivity contribution is -0.137. The molecular formula is C15H15F3N2. The van der Waals surface area contributed by atoms with Crippen molar-refractivity contribution in [3.05, 3.63) is 53.6 Å². The van der Waals surface area contributed by atoms with Gasteiger partial charge in [0.1, 0.15) is 0 Å². The third-order valence-corrected chi connectivity index (χ3v) is 2.99. The zero-order valence-electron chi connectivity index (χ0n) is 11.0. The summed E-state index contributed by atoms with van der Waals surface area (Å²) < 4.78 is 37.6. The van der Waals surface area contributed by atoms with Crippen molar-refractivity contribution in [3.63, 3.8) is 0 Å². The number of benzene rings is 2. The molecule has 3 N–H and O–H groups in total. The maximum atomic E-state index is 12.5. The molecule has 0 amide bonds. The van der Waals surface area contributed by atoms with Crippen LogP contribution in [0.1, 0.15) is 18.1 Å². The Morgan fingerprint density at radius 2 is 1.85 bits per heavy atom. The minimum absolute atomic E-state index is 0.0710. The second-order valence-corrected chi connectivity index (χ2v) is 4.48. The number of alkyl halides is 3. The van der Waals surface area contributed by atoms with Crippen molar-refractivity contribution in [2.45, 2.75) is 19.5 Å². The molecule has 0 aliphatic heterocycles. The average Bonchev–Trinajstić information content (AvgIpc) is 2.40. The molecule has 0 atom stereocenters. The van der Waals surface area contributed by atoms with E-state index in [9.17, 15) is 13.2 Å². The van der Waals surface area contributed by atoms with Gasteiger partial charge in [-0.1, -0.05) is 19.1 Å². The van der Waals surface area contributed by atoms with Gasteiger partial charge in [-0.25, -0.2) is 0 Å². The van der Waals surface area contributed by atoms with E-state index in [0.717, 1.165) is 29.8 Å². The first-order chi connectivity index (χ1) is 9.40. The molecule has 0 saturated heterocycles. The molecule has 0 spiro atoms. The molecule has 0 aliphatic rings. The monoisotopic (exact) mass is 280 g/mol. The van der Waals surface area contributed by atoms with Crippen molar-refractivity contribution in [1.82, 2.24) is 0 Å². The summed E-state index contributed by atoms with van der Waals surface area (Å²) in [5.41, 5.74) is 7.40. The summed E-state index contributed by atoms with van der Waals surface area (Å²) in [5.74, 6) is 0. The number of halogens is 3. The van der Waals surface area contributed by atoms with Crippen molar-refractivity contribution < 1.29 is 13.2 Å². The molecule has 0 aliphatic carbocycles. The maximum absolute atomic E-state index is 12.5. The standard InChI is InChI=1S/C15H15F3N2/c1-2-10-4-3-5-12(8-10)20-14-7-6-11(9-13(14)19)15(16,17)18/h3-9,20H,2,19H2,1H3. The summed E-state index contributed by atoms with van der Waals surface area (Å²) in [4.78, 5) is 0. The van der Waals surface area contributed by atoms with Crippen LogP contribution in [0, 0.1) is 0 Å². The molecule has 2 aromatic rings. The van der Waals surface area contributed by atoms with Crippen molar-refractivity contribution in [2.75, 3.05) is 11.1 Å². The van der Waals surface area contributed by atoms with Gasteiger partial charge in [0.05, 0.1) is 16.9 Å². The van der Waals surface area contributed by atoms with Gasteiger partial charge in [-0.3, -0.25) is 0 Å². The molecular weight excluding hydrogens is 265 g/mol. The topological polar surface area (TPSA) is 38.0 Å². The Labute approximate surface area is 115 Å². The molecule has 0 fully saturated rings. The molecule has 2 nitrogen and oxygen atoms in total. The van der Waals surface area contributed by atoms with Crippen molar-refractivity contribution in [2.24, 2.45) is 0 Å². The van der Waals surface area contributed by atoms with Gasteiger partial charge in [0.15, 0.2) is 0 Å². The second-order valence-electron chi connectivity index (χ2n) is 4.48. The summed E-state index contributed by atoms with van der Waals surface area (Å²) in [5, 5.41) is 3.03. The normalized spacial score (nSPS) is 11.4. The zero-order valence-corrected chi connectivity index (χ0v) is 11.0. The number of rotatable bonds is 3. The van der Waals surface area contributed by atoms with E-state index >= 15 is 0 Å². The summed E-state index contributed by atoms with van der Waals surface area (Å²) in [6, 6.07) is 11.0. The van der Waals surface area contributed by atoms with Crippen molar-refractivity contribution in [3.8, 4) is 0 Å². The van der Waals surface area contributed by atoms with Crippen LogP contribution in [0.25, 0.3) is 0 Å². The molecule has 5 heteroatoms. The predicted molar refractivity (Wildman–Crippen MR) is 75.0 cm³/mol. The minimum Gasteiger partial charge on any atom is -0.397 e. The van der Waals surface area contributed by atoms with Crippen LogP contribution in [0.15, 0.2) is 42.5 Å². The van der Waals surface area contributed by atoms with E-state index in [1.54, 1.807) is 0 Å². The summed E-state index contributed by atoms with van der Waals surface area (Å²) in [7, 11) is 0. The van der Waals surface area contributed by atoms with Gasteiger partial charge in [-0.2, -0.15) is 13.2 Å². The van der Waals surface area contributed by atoms with E-state index in [0.29, 0.717) is 5.69 Å². The zero-order chi connectivity index (χ0) is 14.8. The summed E-state index contributed by atoms with van der Waals surface area (Å²) in [6.07, 6.45) is -3.49. The Hall–Kier alpha value is -2.17. The molecule has 0 heterocycles. The minimum atomic E-state index is -4.38. The van der Waals surface area contributed by atoms with Crippen LogP contribution in [0.4, 0.5) is 30.2 Å². The molecule has 0 radical (unpaired) electrons. The van der Waals surface area contributed by atoms with Crippen LogP contribution >= 0.6 is 0 Å². The van der Waals surface area contributed by atoms with Crippen molar-refractivity contribution >= 4 is 17.1 Å². The lowest BCUT2D eigenvalue weighted by atomic mass is 10.1. The fourth-order valence-corrected chi connectivity index (χ4v) is 1.88. The Bertz CT molecular complexity index is 606. The largest absolute Gasteiger partial charge is 0.416 e. The van der Waals surface area contributed by atoms with Crippen LogP contribution < -0.4 is 11.1 Å². The van der Waals surface area contributed by atoms with E-state index in [1.165, 1.54) is 6.07 Å². The highest BCUT2D eigenvalue weighted by molar-refractivity contribution is 5.73. The molecule has 2 rings (SSSR count). The molecule has 2 aromatic carbocycles. The maximum Gasteiger partial charge on any atom is 0.416 e. The Morgan fingerprint density at radius 1 is 1.10 bits per heavy atom. The fraction of sp³-hybridized carbons (Fsp3) is 0.200. The summed E-state index contributed by atoms with van der Waals surface area (Å²) >= 11 is 0. The predicted octanol–water partition coefficient (Wildman–Crippen LogP) is 4.59. The molecule has 0 unspecified atom stereocenters. The quantitative estimate of drug-likeness (QED) is 0.807. The van der Waals surface area contributed by atoms with Gasteiger partial charge in [0.25, 0.3) is 0 Å². The number of hydrogen-bond acceptors (Lipinski definition) is 2. The lowest BCUT2D eigenvalue weighted by Gasteiger charge is -2.13. The third-order valence-electron chi connectivity index (χ3n) is 2.99. The fourth-order valence-electron chi connectivity index (χ4n) is 1.88. The third kappa shape index (κ3) is 3.23. The van der Waals surface area contributed by atoms with E-state index in [4.69, 9.17) is 5.73 Å². The molecule has 0 saturated carbocycles. The molecule has 0 aromatic heterocycles. The van der Waals surface area contributed by atoms with Gasteiger partial charge >= 0.3 is 6.18 Å². The Kier molecular flexibility index (Phi) is 3.88. The summed E-state index contributed by atoms with van der Waals surface area (Å²) in [6.45, 7) is 2.03. The second kappa shape index (κ2) is 5.45. The molecule has 0 bridgehead atoms. The number of nitrogens with two attached hydrogens (primary N) is 1. The van der Waals surface area contributed by atoms with Crippen LogP contribution in [0.5, 0.6) is 0 Å². The van der Waals surface area contributed by atoms with Gasteiger partial charge in [-0.05, 0) is 42.3 Å². The van der Waals surface area contributed by atoms with Gasteiger partial charge in [0.2, 0.25) is 0 Å². The van der Waals surface area contributed by atoms with E-state index in [2.05, 4.69) is 5.32 Å². The van der Waals surface area contributed by atoms with Crippen LogP contribution in [-0.4, -0.2) is 0 Å². The lowest BCUT2D eigenvalue weighted by Crippen LogP contribution is -2.06. The van der Waals surface area contributed by atoms with E-state index < -0.39 is 11.7 Å². The number of aryl methyl sites for hydroxylation is 1. The highest BCUT2D eigenvalue weighted by Crippen LogP contribution is 2.33. The number of nitrogens with one attached hydrogen (secondary N) is 1. The van der Waals surface area contributed by atoms with Crippen LogP contribution in [0.3, 0.4) is 0 Å². The van der Waals surface area contributed by atoms with Crippen molar-refractivity contribution in [1.29, 1.82) is 0 Å². The van der Waals surface area contributed by atoms with E-state index in [1.807, 2.05) is 31.2 Å². The first kappa shape index (κ1) is 14.2. The first-order valence-corrected chi connectivity index (χ1v) is 6.23. The van der Waals surface area contributed by atoms with Gasteiger partial charge < -0.3 is 11.1 Å². The average molecular weight is 280 g/mol. The Morgan fingerprint density at radius 3 is 2.45 bits per heavy atom. The molecule has 106 valence electrons. The highest BCUT2D eigenvalue weighted by Gasteiger charge is 2.30. The number of nitrogen functional groups attached to an aromatic ring is 1. The van der Waals surface area contributed by atoms with Crippen LogP contribution in [0.2, 0.25) is 0 Å². The smallest absolute Gasteiger partial charge is 0.397 e. The van der Waals surface area contributed by atoms with Crippen LogP contribution in [-0.2, 0) is 12.6 Å².